The Labute approximate surface area is 155 Å². The van der Waals surface area contributed by atoms with Gasteiger partial charge >= 0.3 is 0 Å². The van der Waals surface area contributed by atoms with Crippen molar-refractivity contribution < 1.29 is 0 Å². The number of benzene rings is 1. The molecular formula is C21H27N5. The maximum Gasteiger partial charge on any atom is 0.222 e. The van der Waals surface area contributed by atoms with Gasteiger partial charge in [-0.15, -0.1) is 0 Å². The zero-order chi connectivity index (χ0) is 17.5. The fourth-order valence-electron chi connectivity index (χ4n) is 5.11. The number of nitrogens with two attached hydrogens (primary N) is 1. The second kappa shape index (κ2) is 6.54. The topological polar surface area (TPSA) is 67.1 Å². The van der Waals surface area contributed by atoms with E-state index < -0.39 is 0 Å². The Kier molecular flexibility index (Phi) is 4.04. The maximum absolute atomic E-state index is 6.12. The fraction of sp³-hybridized carbons (Fsp3) is 0.524. The lowest BCUT2D eigenvalue weighted by atomic mass is 9.82. The van der Waals surface area contributed by atoms with Crippen molar-refractivity contribution in [1.82, 2.24) is 15.3 Å². The summed E-state index contributed by atoms with van der Waals surface area (Å²) < 4.78 is 0. The number of nitrogen functional groups attached to an aromatic ring is 1. The molecular weight excluding hydrogens is 322 g/mol. The van der Waals surface area contributed by atoms with E-state index in [2.05, 4.69) is 50.5 Å². The van der Waals surface area contributed by atoms with E-state index in [4.69, 9.17) is 5.73 Å². The SMILES string of the molecule is Nc1nc2c(c(N3CC4CCCNC4C3)n1)CCC(c1ccccc1)C2. The number of piperidine rings is 1. The number of nitrogens with one attached hydrogen (secondary N) is 1. The standard InChI is InChI=1S/C21H27N5/c22-21-24-18-11-15(14-5-2-1-3-6-14)8-9-17(18)20(25-21)26-12-16-7-4-10-23-19(16)13-26/h1-3,5-6,15-16,19,23H,4,7-13H2,(H2,22,24,25). The van der Waals surface area contributed by atoms with Crippen molar-refractivity contribution in [3.63, 3.8) is 0 Å². The summed E-state index contributed by atoms with van der Waals surface area (Å²) in [6.45, 7) is 3.30. The fourth-order valence-corrected chi connectivity index (χ4v) is 5.11. The Balaban J connectivity index is 1.44. The first-order chi connectivity index (χ1) is 12.8. The van der Waals surface area contributed by atoms with Crippen molar-refractivity contribution >= 4 is 11.8 Å². The Hall–Kier alpha value is -2.14. The largest absolute Gasteiger partial charge is 0.368 e. The summed E-state index contributed by atoms with van der Waals surface area (Å²) in [5.41, 5.74) is 10.0. The molecule has 2 aromatic rings. The summed E-state index contributed by atoms with van der Waals surface area (Å²) in [4.78, 5) is 11.8. The first-order valence-electron chi connectivity index (χ1n) is 9.96. The van der Waals surface area contributed by atoms with Crippen LogP contribution in [0.4, 0.5) is 11.8 Å². The second-order valence-corrected chi connectivity index (χ2v) is 8.05. The van der Waals surface area contributed by atoms with Crippen molar-refractivity contribution in [2.45, 2.75) is 44.1 Å². The minimum Gasteiger partial charge on any atom is -0.368 e. The van der Waals surface area contributed by atoms with Gasteiger partial charge in [0.05, 0.1) is 5.69 Å². The zero-order valence-electron chi connectivity index (χ0n) is 15.2. The normalized spacial score (nSPS) is 27.8. The van der Waals surface area contributed by atoms with Crippen LogP contribution in [0.25, 0.3) is 0 Å². The van der Waals surface area contributed by atoms with Crippen LogP contribution in [0, 0.1) is 5.92 Å². The molecule has 5 rings (SSSR count). The van der Waals surface area contributed by atoms with Crippen LogP contribution < -0.4 is 16.0 Å². The van der Waals surface area contributed by atoms with Gasteiger partial charge in [0.15, 0.2) is 0 Å². The molecule has 3 unspecified atom stereocenters. The highest BCUT2D eigenvalue weighted by Gasteiger charge is 2.37. The Morgan fingerprint density at radius 2 is 1.96 bits per heavy atom. The third-order valence-electron chi connectivity index (χ3n) is 6.44. The monoisotopic (exact) mass is 349 g/mol. The van der Waals surface area contributed by atoms with Gasteiger partial charge in [-0.25, -0.2) is 4.98 Å². The summed E-state index contributed by atoms with van der Waals surface area (Å²) >= 11 is 0. The van der Waals surface area contributed by atoms with Gasteiger partial charge in [0.1, 0.15) is 5.82 Å². The predicted molar refractivity (Wildman–Crippen MR) is 104 cm³/mol. The average Bonchev–Trinajstić information content (AvgIpc) is 3.11. The summed E-state index contributed by atoms with van der Waals surface area (Å²) in [5, 5.41) is 3.69. The van der Waals surface area contributed by atoms with E-state index in [0.29, 0.717) is 17.9 Å². The molecule has 1 aliphatic carbocycles. The molecule has 0 spiro atoms. The van der Waals surface area contributed by atoms with Crippen LogP contribution in [0.2, 0.25) is 0 Å². The first kappa shape index (κ1) is 16.1. The predicted octanol–water partition coefficient (Wildman–Crippen LogP) is 2.52. The van der Waals surface area contributed by atoms with Crippen molar-refractivity contribution in [2.24, 2.45) is 5.92 Å². The lowest BCUT2D eigenvalue weighted by Crippen LogP contribution is -2.40. The molecule has 2 saturated heterocycles. The molecule has 1 aromatic carbocycles. The van der Waals surface area contributed by atoms with E-state index in [1.165, 1.54) is 24.0 Å². The number of rotatable bonds is 2. The Morgan fingerprint density at radius 1 is 1.08 bits per heavy atom. The molecule has 5 nitrogen and oxygen atoms in total. The summed E-state index contributed by atoms with van der Waals surface area (Å²) in [6, 6.07) is 11.4. The van der Waals surface area contributed by atoms with Crippen LogP contribution in [0.3, 0.4) is 0 Å². The molecule has 2 aliphatic heterocycles. The van der Waals surface area contributed by atoms with Gasteiger partial charge in [0.2, 0.25) is 5.95 Å². The summed E-state index contributed by atoms with van der Waals surface area (Å²) in [5.74, 6) is 2.82. The third-order valence-corrected chi connectivity index (χ3v) is 6.44. The molecule has 5 heteroatoms. The molecule has 1 aromatic heterocycles. The first-order valence-corrected chi connectivity index (χ1v) is 9.96. The van der Waals surface area contributed by atoms with E-state index in [1.54, 1.807) is 0 Å². The van der Waals surface area contributed by atoms with E-state index in [9.17, 15) is 0 Å². The molecule has 3 atom stereocenters. The number of fused-ring (bicyclic) bond motifs is 2. The quantitative estimate of drug-likeness (QED) is 0.872. The van der Waals surface area contributed by atoms with Crippen molar-refractivity contribution in [3.8, 4) is 0 Å². The molecule has 0 amide bonds. The van der Waals surface area contributed by atoms with Crippen LogP contribution in [0.15, 0.2) is 30.3 Å². The molecule has 0 radical (unpaired) electrons. The van der Waals surface area contributed by atoms with Gasteiger partial charge in [-0.05, 0) is 56.0 Å². The van der Waals surface area contributed by atoms with Crippen LogP contribution in [-0.2, 0) is 12.8 Å². The molecule has 136 valence electrons. The molecule has 3 heterocycles. The summed E-state index contributed by atoms with van der Waals surface area (Å²) in [7, 11) is 0. The highest BCUT2D eigenvalue weighted by Crippen LogP contribution is 2.38. The number of anilines is 2. The highest BCUT2D eigenvalue weighted by atomic mass is 15.3. The average molecular weight is 349 g/mol. The van der Waals surface area contributed by atoms with Gasteiger partial charge in [0.25, 0.3) is 0 Å². The molecule has 0 saturated carbocycles. The molecule has 0 bridgehead atoms. The van der Waals surface area contributed by atoms with Crippen LogP contribution in [-0.4, -0.2) is 35.6 Å². The van der Waals surface area contributed by atoms with Crippen molar-refractivity contribution in [3.05, 3.63) is 47.2 Å². The van der Waals surface area contributed by atoms with Crippen molar-refractivity contribution in [1.29, 1.82) is 0 Å². The van der Waals surface area contributed by atoms with E-state index in [0.717, 1.165) is 56.3 Å². The van der Waals surface area contributed by atoms with E-state index >= 15 is 0 Å². The van der Waals surface area contributed by atoms with Crippen LogP contribution in [0.1, 0.15) is 42.0 Å². The highest BCUT2D eigenvalue weighted by molar-refractivity contribution is 5.54. The van der Waals surface area contributed by atoms with Crippen LogP contribution >= 0.6 is 0 Å². The number of nitrogens with zero attached hydrogens (tertiary/aromatic N) is 3. The minimum absolute atomic E-state index is 0.426. The smallest absolute Gasteiger partial charge is 0.222 e. The van der Waals surface area contributed by atoms with E-state index in [1.807, 2.05) is 0 Å². The lowest BCUT2D eigenvalue weighted by molar-refractivity contribution is 0.340. The number of hydrogen-bond acceptors (Lipinski definition) is 5. The Morgan fingerprint density at radius 3 is 2.81 bits per heavy atom. The molecule has 3 aliphatic rings. The lowest BCUT2D eigenvalue weighted by Gasteiger charge is -2.29. The van der Waals surface area contributed by atoms with Crippen molar-refractivity contribution in [2.75, 3.05) is 30.3 Å². The molecule has 2 fully saturated rings. The third kappa shape index (κ3) is 2.84. The van der Waals surface area contributed by atoms with Gasteiger partial charge < -0.3 is 16.0 Å². The Bertz CT molecular complexity index is 776. The van der Waals surface area contributed by atoms with Crippen LogP contribution in [0.5, 0.6) is 0 Å². The van der Waals surface area contributed by atoms with Gasteiger partial charge in [-0.1, -0.05) is 30.3 Å². The molecule has 26 heavy (non-hydrogen) atoms. The summed E-state index contributed by atoms with van der Waals surface area (Å²) in [6.07, 6.45) is 5.79. The second-order valence-electron chi connectivity index (χ2n) is 8.05. The number of hydrogen-bond donors (Lipinski definition) is 2. The van der Waals surface area contributed by atoms with Gasteiger partial charge in [-0.3, -0.25) is 0 Å². The molecule has 3 N–H and O–H groups in total. The van der Waals surface area contributed by atoms with Gasteiger partial charge in [-0.2, -0.15) is 4.98 Å². The minimum atomic E-state index is 0.426. The maximum atomic E-state index is 6.12. The van der Waals surface area contributed by atoms with Gasteiger partial charge in [0, 0.05) is 24.7 Å². The number of aromatic nitrogens is 2. The van der Waals surface area contributed by atoms with E-state index in [-0.39, 0.29) is 0 Å². The zero-order valence-corrected chi connectivity index (χ0v) is 15.2.